The van der Waals surface area contributed by atoms with Crippen LogP contribution in [-0.2, 0) is 19.1 Å². The van der Waals surface area contributed by atoms with Crippen molar-refractivity contribution in [2.24, 2.45) is 23.7 Å². The molecule has 1 fully saturated rings. The van der Waals surface area contributed by atoms with Gasteiger partial charge in [-0.25, -0.2) is 0 Å². The number of carbonyl (C=O) groups is 2. The van der Waals surface area contributed by atoms with E-state index in [1.54, 1.807) is 0 Å². The topological polar surface area (TPSA) is 52.6 Å². The van der Waals surface area contributed by atoms with Crippen molar-refractivity contribution < 1.29 is 19.1 Å². The molecule has 0 radical (unpaired) electrons. The van der Waals surface area contributed by atoms with E-state index in [2.05, 4.69) is 13.2 Å². The summed E-state index contributed by atoms with van der Waals surface area (Å²) < 4.78 is 10.9. The van der Waals surface area contributed by atoms with Crippen molar-refractivity contribution >= 4 is 11.9 Å². The van der Waals surface area contributed by atoms with Gasteiger partial charge in [0.2, 0.25) is 0 Å². The average Bonchev–Trinajstić information content (AvgIpc) is 3.22. The summed E-state index contributed by atoms with van der Waals surface area (Å²) >= 11 is 0. The molecule has 0 N–H and O–H groups in total. The lowest BCUT2D eigenvalue weighted by atomic mass is 9.83. The van der Waals surface area contributed by atoms with E-state index in [0.717, 1.165) is 30.4 Å². The van der Waals surface area contributed by atoms with Crippen molar-refractivity contribution in [2.75, 3.05) is 13.2 Å². The van der Waals surface area contributed by atoms with Gasteiger partial charge in [0.05, 0.1) is 25.0 Å². The molecule has 2 aliphatic rings. The van der Waals surface area contributed by atoms with Crippen molar-refractivity contribution in [3.63, 3.8) is 0 Å². The summed E-state index contributed by atoms with van der Waals surface area (Å²) in [6, 6.07) is 0. The fourth-order valence-corrected chi connectivity index (χ4v) is 3.60. The van der Waals surface area contributed by atoms with Crippen LogP contribution in [0.4, 0.5) is 0 Å². The molecule has 0 aliphatic heterocycles. The van der Waals surface area contributed by atoms with Crippen molar-refractivity contribution in [2.45, 2.75) is 46.0 Å². The molecule has 4 nitrogen and oxygen atoms in total. The van der Waals surface area contributed by atoms with E-state index in [1.165, 1.54) is 0 Å². The van der Waals surface area contributed by atoms with Crippen molar-refractivity contribution in [3.05, 3.63) is 36.5 Å². The average molecular weight is 346 g/mol. The summed E-state index contributed by atoms with van der Waals surface area (Å²) in [6.45, 7) is 12.6. The highest BCUT2D eigenvalue weighted by molar-refractivity contribution is 5.84. The fraction of sp³-hybridized carbons (Fsp3) is 0.619. The lowest BCUT2D eigenvalue weighted by molar-refractivity contribution is -0.161. The lowest BCUT2D eigenvalue weighted by Gasteiger charge is -2.25. The standard InChI is InChI=1S/C21H30O4/c1-5-14(3)9-11-24-20(22)18-16-7-8-17(13-16)19(18)21(23)25-12-10-15(4)6-2/h7-8,16-19H,3-6,9-13H2,1-2H3. The molecule has 4 unspecified atom stereocenters. The van der Waals surface area contributed by atoms with Gasteiger partial charge in [-0.15, -0.1) is 0 Å². The van der Waals surface area contributed by atoms with Crippen LogP contribution in [0.15, 0.2) is 36.5 Å². The SMILES string of the molecule is C=C(CC)CCOC(=O)C1C2C=CC(C2)C1C(=O)OCCC(=C)CC. The Balaban J connectivity index is 1.90. The molecule has 0 heterocycles. The Morgan fingerprint density at radius 1 is 0.880 bits per heavy atom. The number of esters is 2. The van der Waals surface area contributed by atoms with E-state index in [-0.39, 0.29) is 23.8 Å². The highest BCUT2D eigenvalue weighted by Gasteiger charge is 2.53. The van der Waals surface area contributed by atoms with Crippen LogP contribution in [0.1, 0.15) is 46.0 Å². The first-order valence-corrected chi connectivity index (χ1v) is 9.32. The van der Waals surface area contributed by atoms with Crippen molar-refractivity contribution in [3.8, 4) is 0 Å². The molecule has 4 heteroatoms. The Labute approximate surface area is 151 Å². The van der Waals surface area contributed by atoms with Gasteiger partial charge in [-0.3, -0.25) is 9.59 Å². The fourth-order valence-electron chi connectivity index (χ4n) is 3.60. The van der Waals surface area contributed by atoms with Crippen LogP contribution >= 0.6 is 0 Å². The largest absolute Gasteiger partial charge is 0.465 e. The zero-order chi connectivity index (χ0) is 18.4. The predicted octanol–water partition coefficient (Wildman–Crippen LogP) is 4.22. The number of hydrogen-bond donors (Lipinski definition) is 0. The normalized spacial score (nSPS) is 26.5. The molecule has 0 amide bonds. The molecule has 1 saturated carbocycles. The van der Waals surface area contributed by atoms with E-state index in [4.69, 9.17) is 9.47 Å². The van der Waals surface area contributed by atoms with Crippen LogP contribution < -0.4 is 0 Å². The minimum atomic E-state index is -0.410. The molecular formula is C21H30O4. The van der Waals surface area contributed by atoms with E-state index >= 15 is 0 Å². The number of ether oxygens (including phenoxy) is 2. The highest BCUT2D eigenvalue weighted by atomic mass is 16.5. The summed E-state index contributed by atoms with van der Waals surface area (Å²) in [5, 5.41) is 0. The van der Waals surface area contributed by atoms with Crippen LogP contribution in [0.5, 0.6) is 0 Å². The molecule has 0 aromatic carbocycles. The molecule has 2 aliphatic carbocycles. The molecule has 0 aromatic rings. The number of rotatable bonds is 10. The van der Waals surface area contributed by atoms with Gasteiger partial charge in [-0.05, 0) is 31.1 Å². The molecule has 2 bridgehead atoms. The maximum absolute atomic E-state index is 12.5. The lowest BCUT2D eigenvalue weighted by Crippen LogP contribution is -2.35. The number of fused-ring (bicyclic) bond motifs is 2. The van der Waals surface area contributed by atoms with Crippen LogP contribution in [0.3, 0.4) is 0 Å². The Bertz CT molecular complexity index is 512. The predicted molar refractivity (Wildman–Crippen MR) is 97.7 cm³/mol. The van der Waals surface area contributed by atoms with Crippen molar-refractivity contribution in [1.82, 2.24) is 0 Å². The zero-order valence-corrected chi connectivity index (χ0v) is 15.5. The second-order valence-electron chi connectivity index (χ2n) is 7.04. The summed E-state index contributed by atoms with van der Waals surface area (Å²) in [5.74, 6) is -1.19. The van der Waals surface area contributed by atoms with Gasteiger partial charge < -0.3 is 9.47 Å². The first-order chi connectivity index (χ1) is 12.0. The molecular weight excluding hydrogens is 316 g/mol. The summed E-state index contributed by atoms with van der Waals surface area (Å²) in [7, 11) is 0. The molecule has 4 atom stereocenters. The number of allylic oxidation sites excluding steroid dienone is 2. The van der Waals surface area contributed by atoms with E-state index in [0.29, 0.717) is 26.1 Å². The summed E-state index contributed by atoms with van der Waals surface area (Å²) in [4.78, 5) is 25.1. The van der Waals surface area contributed by atoms with Gasteiger partial charge in [0.1, 0.15) is 0 Å². The van der Waals surface area contributed by atoms with Crippen molar-refractivity contribution in [1.29, 1.82) is 0 Å². The third kappa shape index (κ3) is 4.83. The molecule has 2 rings (SSSR count). The second-order valence-corrected chi connectivity index (χ2v) is 7.04. The smallest absolute Gasteiger partial charge is 0.310 e. The summed E-state index contributed by atoms with van der Waals surface area (Å²) in [6.07, 6.45) is 8.04. The van der Waals surface area contributed by atoms with Gasteiger partial charge in [0, 0.05) is 12.8 Å². The Kier molecular flexibility index (Phi) is 7.03. The molecule has 0 saturated heterocycles. The van der Waals surface area contributed by atoms with Gasteiger partial charge in [0.15, 0.2) is 0 Å². The number of hydrogen-bond acceptors (Lipinski definition) is 4. The molecule has 25 heavy (non-hydrogen) atoms. The molecule has 0 aromatic heterocycles. The van der Waals surface area contributed by atoms with E-state index < -0.39 is 11.8 Å². The Morgan fingerprint density at radius 2 is 1.28 bits per heavy atom. The number of carbonyl (C=O) groups excluding carboxylic acids is 2. The second kappa shape index (κ2) is 9.02. The third-order valence-corrected chi connectivity index (χ3v) is 5.40. The van der Waals surface area contributed by atoms with E-state index in [1.807, 2.05) is 26.0 Å². The Morgan fingerprint density at radius 3 is 1.64 bits per heavy atom. The first-order valence-electron chi connectivity index (χ1n) is 9.32. The molecule has 138 valence electrons. The van der Waals surface area contributed by atoms with Gasteiger partial charge in [-0.1, -0.05) is 50.3 Å². The van der Waals surface area contributed by atoms with E-state index in [9.17, 15) is 9.59 Å². The van der Waals surface area contributed by atoms with Crippen LogP contribution in [0, 0.1) is 23.7 Å². The molecule has 0 spiro atoms. The van der Waals surface area contributed by atoms with Gasteiger partial charge >= 0.3 is 11.9 Å². The maximum atomic E-state index is 12.5. The highest BCUT2D eigenvalue weighted by Crippen LogP contribution is 2.49. The van der Waals surface area contributed by atoms with Gasteiger partial charge in [0.25, 0.3) is 0 Å². The minimum Gasteiger partial charge on any atom is -0.465 e. The van der Waals surface area contributed by atoms with Crippen LogP contribution in [0.2, 0.25) is 0 Å². The first kappa shape index (κ1) is 19.5. The van der Waals surface area contributed by atoms with Crippen LogP contribution in [0.25, 0.3) is 0 Å². The maximum Gasteiger partial charge on any atom is 0.310 e. The monoisotopic (exact) mass is 346 g/mol. The third-order valence-electron chi connectivity index (χ3n) is 5.40. The Hall–Kier alpha value is -1.84. The quantitative estimate of drug-likeness (QED) is 0.439. The zero-order valence-electron chi connectivity index (χ0n) is 15.5. The minimum absolute atomic E-state index is 0.0926. The summed E-state index contributed by atoms with van der Waals surface area (Å²) in [5.41, 5.74) is 2.13. The van der Waals surface area contributed by atoms with Gasteiger partial charge in [-0.2, -0.15) is 0 Å². The van der Waals surface area contributed by atoms with Crippen LogP contribution in [-0.4, -0.2) is 25.2 Å².